The third-order valence-electron chi connectivity index (χ3n) is 6.61. The zero-order valence-electron chi connectivity index (χ0n) is 24.4. The lowest BCUT2D eigenvalue weighted by atomic mass is 10.1. The highest BCUT2D eigenvalue weighted by Gasteiger charge is 2.36. The molecule has 45 heavy (non-hydrogen) atoms. The molecular weight excluding hydrogens is 663 g/mol. The summed E-state index contributed by atoms with van der Waals surface area (Å²) in [5.41, 5.74) is 0.210. The van der Waals surface area contributed by atoms with Gasteiger partial charge in [0.05, 0.1) is 67.6 Å². The lowest BCUT2D eigenvalue weighted by molar-refractivity contribution is -0.116. The SMILES string of the molecule is COc1cc2nc(OS(C)(=O)=O)nc(Nc3ccc(F)c(Cl)c3)c2c(OS(C)(=O)=O)c1OCCCN1C[C@@H]2OCCO[C@@H]2C1.O. The number of anilines is 2. The van der Waals surface area contributed by atoms with E-state index in [2.05, 4.69) is 20.2 Å². The van der Waals surface area contributed by atoms with Crippen molar-refractivity contribution < 1.29 is 54.0 Å². The summed E-state index contributed by atoms with van der Waals surface area (Å²) < 4.78 is 95.9. The van der Waals surface area contributed by atoms with Crippen molar-refractivity contribution in [2.75, 3.05) is 64.4 Å². The second-order valence-electron chi connectivity index (χ2n) is 10.1. The predicted octanol–water partition coefficient (Wildman–Crippen LogP) is 1.90. The van der Waals surface area contributed by atoms with Crippen LogP contribution in [0.2, 0.25) is 5.02 Å². The molecular formula is C26H32ClFN4O11S2. The van der Waals surface area contributed by atoms with E-state index in [1.807, 2.05) is 0 Å². The first-order chi connectivity index (χ1) is 20.8. The molecule has 2 aromatic carbocycles. The van der Waals surface area contributed by atoms with Crippen molar-refractivity contribution in [3.8, 4) is 23.3 Å². The molecule has 3 N–H and O–H groups in total. The molecule has 2 atom stereocenters. The van der Waals surface area contributed by atoms with Gasteiger partial charge in [0, 0.05) is 31.4 Å². The molecule has 248 valence electrons. The molecule has 3 heterocycles. The van der Waals surface area contributed by atoms with E-state index in [-0.39, 0.29) is 69.0 Å². The van der Waals surface area contributed by atoms with Gasteiger partial charge in [0.25, 0.3) is 0 Å². The Hall–Kier alpha value is -3.26. The standard InChI is InChI=1S/C26H30ClFN4O10S2.H2O/c1-37-19-12-18-22(25(31-26(30-18)42-44(3,35)36)29-15-5-6-17(28)16(27)11-15)24(41-43(2,33)34)23(19)40-8-4-7-32-13-20-21(14-32)39-10-9-38-20;/h5-6,11-12,20-21H,4,7-10,13-14H2,1-3H3,(H,29,30,31);1H2/t20-,21+;. The molecule has 15 nitrogen and oxygen atoms in total. The Morgan fingerprint density at radius 3 is 2.29 bits per heavy atom. The minimum absolute atomic E-state index is 0. The van der Waals surface area contributed by atoms with Crippen LogP contribution in [0.5, 0.6) is 23.3 Å². The minimum Gasteiger partial charge on any atom is -0.493 e. The Bertz CT molecular complexity index is 1750. The van der Waals surface area contributed by atoms with E-state index < -0.39 is 32.1 Å². The van der Waals surface area contributed by atoms with Crippen LogP contribution in [0.3, 0.4) is 0 Å². The van der Waals surface area contributed by atoms with Crippen LogP contribution >= 0.6 is 11.6 Å². The number of benzene rings is 2. The van der Waals surface area contributed by atoms with Crippen molar-refractivity contribution >= 4 is 54.2 Å². The fourth-order valence-electron chi connectivity index (χ4n) is 4.88. The molecule has 0 unspecified atom stereocenters. The van der Waals surface area contributed by atoms with Gasteiger partial charge in [0.1, 0.15) is 11.6 Å². The number of nitrogens with zero attached hydrogens (tertiary/aromatic N) is 3. The van der Waals surface area contributed by atoms with E-state index in [0.717, 1.165) is 31.7 Å². The largest absolute Gasteiger partial charge is 0.493 e. The Morgan fingerprint density at radius 1 is 1.02 bits per heavy atom. The minimum atomic E-state index is -4.17. The van der Waals surface area contributed by atoms with E-state index in [1.54, 1.807) is 0 Å². The average molecular weight is 695 g/mol. The second kappa shape index (κ2) is 14.0. The Balaban J connectivity index is 0.00000461. The number of likely N-dealkylation sites (tertiary alicyclic amines) is 1. The van der Waals surface area contributed by atoms with Crippen LogP contribution in [-0.4, -0.2) is 108 Å². The lowest BCUT2D eigenvalue weighted by Crippen LogP contribution is -2.36. The molecule has 0 bridgehead atoms. The molecule has 1 aromatic heterocycles. The Morgan fingerprint density at radius 2 is 1.69 bits per heavy atom. The van der Waals surface area contributed by atoms with Gasteiger partial charge in [0.15, 0.2) is 5.75 Å². The molecule has 0 aliphatic carbocycles. The predicted molar refractivity (Wildman–Crippen MR) is 161 cm³/mol. The van der Waals surface area contributed by atoms with Crippen molar-refractivity contribution in [2.24, 2.45) is 0 Å². The highest BCUT2D eigenvalue weighted by Crippen LogP contribution is 2.47. The zero-order chi connectivity index (χ0) is 31.6. The number of nitrogens with one attached hydrogen (secondary N) is 1. The third-order valence-corrected chi connectivity index (χ3v) is 7.82. The van der Waals surface area contributed by atoms with Gasteiger partial charge in [-0.05, 0) is 24.6 Å². The highest BCUT2D eigenvalue weighted by atomic mass is 35.5. The number of ether oxygens (including phenoxy) is 4. The number of hydrogen-bond acceptors (Lipinski definition) is 14. The second-order valence-corrected chi connectivity index (χ2v) is 13.7. The number of rotatable bonds is 12. The van der Waals surface area contributed by atoms with Crippen LogP contribution in [0.4, 0.5) is 15.9 Å². The summed E-state index contributed by atoms with van der Waals surface area (Å²) in [7, 11) is -6.90. The van der Waals surface area contributed by atoms with E-state index in [9.17, 15) is 21.2 Å². The molecule has 0 amide bonds. The summed E-state index contributed by atoms with van der Waals surface area (Å²) >= 11 is 5.94. The average Bonchev–Trinajstić information content (AvgIpc) is 3.34. The lowest BCUT2D eigenvalue weighted by Gasteiger charge is -2.24. The van der Waals surface area contributed by atoms with Gasteiger partial charge in [-0.15, -0.1) is 0 Å². The maximum atomic E-state index is 13.8. The maximum Gasteiger partial charge on any atom is 0.335 e. The van der Waals surface area contributed by atoms with Gasteiger partial charge >= 0.3 is 26.2 Å². The first-order valence-corrected chi connectivity index (χ1v) is 17.3. The van der Waals surface area contributed by atoms with E-state index in [0.29, 0.717) is 26.2 Å². The topological polar surface area (TPSA) is 196 Å². The van der Waals surface area contributed by atoms with Gasteiger partial charge in [-0.2, -0.15) is 26.8 Å². The number of methoxy groups -OCH3 is 1. The van der Waals surface area contributed by atoms with Crippen molar-refractivity contribution in [3.05, 3.63) is 35.1 Å². The summed E-state index contributed by atoms with van der Waals surface area (Å²) in [6.45, 7) is 3.39. The van der Waals surface area contributed by atoms with Gasteiger partial charge in [-0.25, -0.2) is 4.39 Å². The molecule has 5 rings (SSSR count). The molecule has 0 radical (unpaired) electrons. The highest BCUT2D eigenvalue weighted by molar-refractivity contribution is 7.86. The van der Waals surface area contributed by atoms with E-state index in [4.69, 9.17) is 38.9 Å². The normalized spacial score (nSPS) is 18.6. The van der Waals surface area contributed by atoms with Crippen LogP contribution in [0, 0.1) is 5.82 Å². The molecule has 2 fully saturated rings. The number of aromatic nitrogens is 2. The monoisotopic (exact) mass is 694 g/mol. The maximum absolute atomic E-state index is 13.8. The van der Waals surface area contributed by atoms with Crippen LogP contribution in [0.1, 0.15) is 6.42 Å². The van der Waals surface area contributed by atoms with Gasteiger partial charge in [-0.1, -0.05) is 11.6 Å². The molecule has 3 aromatic rings. The van der Waals surface area contributed by atoms with Crippen molar-refractivity contribution in [2.45, 2.75) is 18.6 Å². The Labute approximate surface area is 264 Å². The van der Waals surface area contributed by atoms with E-state index >= 15 is 0 Å². The zero-order valence-corrected chi connectivity index (χ0v) is 26.8. The molecule has 0 saturated carbocycles. The summed E-state index contributed by atoms with van der Waals surface area (Å²) in [4.78, 5) is 10.5. The first kappa shape index (κ1) is 34.6. The molecule has 2 saturated heterocycles. The fourth-order valence-corrected chi connectivity index (χ4v) is 5.86. The quantitative estimate of drug-likeness (QED) is 0.213. The van der Waals surface area contributed by atoms with Crippen molar-refractivity contribution in [1.82, 2.24) is 14.9 Å². The van der Waals surface area contributed by atoms with Crippen molar-refractivity contribution in [1.29, 1.82) is 0 Å². The summed E-state index contributed by atoms with van der Waals surface area (Å²) in [6.07, 6.45) is 2.25. The summed E-state index contributed by atoms with van der Waals surface area (Å²) in [5, 5.41) is 2.65. The number of halogens is 2. The molecule has 2 aliphatic heterocycles. The van der Waals surface area contributed by atoms with Crippen LogP contribution in [-0.2, 0) is 29.7 Å². The summed E-state index contributed by atoms with van der Waals surface area (Å²) in [5.74, 6) is -1.17. The third kappa shape index (κ3) is 8.72. The first-order valence-electron chi connectivity index (χ1n) is 13.3. The number of hydrogen-bond donors (Lipinski definition) is 1. The fraction of sp³-hybridized carbons (Fsp3) is 0.462. The number of fused-ring (bicyclic) bond motifs is 2. The summed E-state index contributed by atoms with van der Waals surface area (Å²) in [6, 6.07) is 4.50. The van der Waals surface area contributed by atoms with Gasteiger partial charge < -0.3 is 38.1 Å². The van der Waals surface area contributed by atoms with Gasteiger partial charge in [0.2, 0.25) is 11.5 Å². The van der Waals surface area contributed by atoms with Crippen molar-refractivity contribution in [3.63, 3.8) is 0 Å². The van der Waals surface area contributed by atoms with Gasteiger partial charge in [-0.3, -0.25) is 4.90 Å². The molecule has 0 spiro atoms. The molecule has 2 aliphatic rings. The van der Waals surface area contributed by atoms with E-state index in [1.165, 1.54) is 25.3 Å². The van der Waals surface area contributed by atoms with Crippen LogP contribution < -0.4 is 23.2 Å². The molecule has 19 heteroatoms. The van der Waals surface area contributed by atoms with Crippen LogP contribution in [0.15, 0.2) is 24.3 Å². The smallest absolute Gasteiger partial charge is 0.335 e. The van der Waals surface area contributed by atoms with Crippen LogP contribution in [0.25, 0.3) is 10.9 Å². The Kier molecular flexibility index (Phi) is 10.8.